The molecule has 0 bridgehead atoms. The third-order valence-corrected chi connectivity index (χ3v) is 6.61. The van der Waals surface area contributed by atoms with E-state index in [1.54, 1.807) is 4.90 Å². The number of hydrogen-bond acceptors (Lipinski definition) is 5. The first-order valence-electron chi connectivity index (χ1n) is 12.7. The number of rotatable bonds is 8. The molecule has 0 saturated carbocycles. The number of benzene rings is 2. The van der Waals surface area contributed by atoms with Gasteiger partial charge in [0.25, 0.3) is 0 Å². The number of nitrogens with zero attached hydrogens (tertiary/aromatic N) is 2. The predicted octanol–water partition coefficient (Wildman–Crippen LogP) is 6.00. The lowest BCUT2D eigenvalue weighted by atomic mass is 10.0. The molecule has 1 aliphatic rings. The first-order chi connectivity index (χ1) is 18.7. The lowest BCUT2D eigenvalue weighted by Gasteiger charge is -2.41. The van der Waals surface area contributed by atoms with Crippen LogP contribution in [0, 0.1) is 17.7 Å². The monoisotopic (exact) mass is 576 g/mol. The molecule has 2 aromatic carbocycles. The van der Waals surface area contributed by atoms with Crippen molar-refractivity contribution in [2.45, 2.75) is 57.8 Å². The van der Waals surface area contributed by atoms with Gasteiger partial charge in [0.15, 0.2) is 12.5 Å². The van der Waals surface area contributed by atoms with E-state index in [0.717, 1.165) is 0 Å². The Morgan fingerprint density at radius 3 is 2.12 bits per heavy atom. The van der Waals surface area contributed by atoms with Gasteiger partial charge in [0.05, 0.1) is 36.4 Å². The largest absolute Gasteiger partial charge is 0.416 e. The Labute approximate surface area is 228 Å². The van der Waals surface area contributed by atoms with Crippen LogP contribution in [0.2, 0.25) is 0 Å². The first-order valence-corrected chi connectivity index (χ1v) is 12.7. The van der Waals surface area contributed by atoms with E-state index in [1.165, 1.54) is 31.2 Å². The highest BCUT2D eigenvalue weighted by Gasteiger charge is 2.39. The fourth-order valence-electron chi connectivity index (χ4n) is 4.40. The molecule has 12 heteroatoms. The van der Waals surface area contributed by atoms with Crippen LogP contribution in [-0.2, 0) is 21.8 Å². The number of aliphatic hydroxyl groups excluding tert-OH is 1. The summed E-state index contributed by atoms with van der Waals surface area (Å²) < 4.78 is 106. The summed E-state index contributed by atoms with van der Waals surface area (Å²) in [5.41, 5.74) is -2.68. The van der Waals surface area contributed by atoms with Gasteiger partial charge in [-0.2, -0.15) is 26.3 Å². The number of morpholine rings is 1. The van der Waals surface area contributed by atoms with Crippen LogP contribution in [0.3, 0.4) is 0 Å². The summed E-state index contributed by atoms with van der Waals surface area (Å²) in [4.78, 5) is 3.57. The van der Waals surface area contributed by atoms with Crippen molar-refractivity contribution >= 4 is 0 Å². The molecule has 1 N–H and O–H groups in total. The van der Waals surface area contributed by atoms with Crippen molar-refractivity contribution < 1.29 is 45.3 Å². The van der Waals surface area contributed by atoms with Crippen LogP contribution in [0.1, 0.15) is 55.2 Å². The zero-order valence-electron chi connectivity index (χ0n) is 22.2. The van der Waals surface area contributed by atoms with E-state index >= 15 is 0 Å². The number of aliphatic hydroxyl groups is 1. The summed E-state index contributed by atoms with van der Waals surface area (Å²) in [5, 5.41) is 10.3. The van der Waals surface area contributed by atoms with Crippen molar-refractivity contribution in [1.82, 2.24) is 9.80 Å². The average Bonchev–Trinajstić information content (AvgIpc) is 2.89. The molecule has 1 heterocycles. The second kappa shape index (κ2) is 13.3. The molecule has 4 atom stereocenters. The topological polar surface area (TPSA) is 45.2 Å². The standard InChI is InChI=1S/C28H31F7N2O3/c1-4-36(5-2)24(38)7-6-12-37-13-14-39-26(25(37)19-8-10-23(29)11-9-19)40-18(3)20-15-21(27(30,31)32)17-22(16-20)28(33,34)35/h8-11,15-18,24-26,38H,4-5,12-14H2,1-3H3/t18-,24?,25+,26-/m1/s1. The minimum Gasteiger partial charge on any atom is -0.367 e. The third kappa shape index (κ3) is 8.17. The van der Waals surface area contributed by atoms with E-state index in [9.17, 15) is 35.8 Å². The third-order valence-electron chi connectivity index (χ3n) is 6.61. The summed E-state index contributed by atoms with van der Waals surface area (Å²) in [6.07, 6.45) is -13.4. The van der Waals surface area contributed by atoms with Gasteiger partial charge in [-0.05, 0) is 61.5 Å². The van der Waals surface area contributed by atoms with E-state index in [1.807, 2.05) is 18.7 Å². The normalized spacial score (nSPS) is 20.2. The molecule has 3 rings (SSSR count). The highest BCUT2D eigenvalue weighted by Crippen LogP contribution is 2.39. The van der Waals surface area contributed by atoms with Gasteiger partial charge < -0.3 is 14.6 Å². The van der Waals surface area contributed by atoms with Crippen LogP contribution in [0.5, 0.6) is 0 Å². The van der Waals surface area contributed by atoms with Crippen LogP contribution in [0.25, 0.3) is 0 Å². The molecule has 1 unspecified atom stereocenters. The molecule has 2 aromatic rings. The Morgan fingerprint density at radius 2 is 1.60 bits per heavy atom. The van der Waals surface area contributed by atoms with E-state index in [2.05, 4.69) is 11.8 Å². The minimum absolute atomic E-state index is 0.0572. The zero-order valence-corrected chi connectivity index (χ0v) is 22.2. The highest BCUT2D eigenvalue weighted by atomic mass is 19.4. The van der Waals surface area contributed by atoms with Crippen LogP contribution in [0.15, 0.2) is 42.5 Å². The van der Waals surface area contributed by atoms with Crippen molar-refractivity contribution in [3.05, 3.63) is 70.5 Å². The van der Waals surface area contributed by atoms with Gasteiger partial charge in [0, 0.05) is 6.54 Å². The van der Waals surface area contributed by atoms with Crippen LogP contribution in [0.4, 0.5) is 30.7 Å². The van der Waals surface area contributed by atoms with Gasteiger partial charge in [0.2, 0.25) is 0 Å². The molecule has 40 heavy (non-hydrogen) atoms. The van der Waals surface area contributed by atoms with Crippen LogP contribution < -0.4 is 0 Å². The second-order valence-electron chi connectivity index (χ2n) is 9.24. The SMILES string of the molecule is CCN(CC)C(O)C#CCN1CCO[C@H](O[C@H](C)c2cc(C(F)(F)F)cc(C(F)(F)F)c2)[C@@H]1c1ccc(F)cc1. The molecule has 0 spiro atoms. The van der Waals surface area contributed by atoms with Gasteiger partial charge in [0.1, 0.15) is 5.82 Å². The van der Waals surface area contributed by atoms with Crippen LogP contribution >= 0.6 is 0 Å². The van der Waals surface area contributed by atoms with Crippen molar-refractivity contribution in [3.8, 4) is 11.8 Å². The Hall–Kier alpha value is -2.69. The first kappa shape index (κ1) is 31.8. The van der Waals surface area contributed by atoms with Crippen molar-refractivity contribution in [1.29, 1.82) is 0 Å². The zero-order chi connectivity index (χ0) is 29.7. The van der Waals surface area contributed by atoms with Crippen molar-refractivity contribution in [2.75, 3.05) is 32.8 Å². The molecule has 1 aliphatic heterocycles. The average molecular weight is 577 g/mol. The number of ether oxygens (including phenoxy) is 2. The van der Waals surface area contributed by atoms with Gasteiger partial charge >= 0.3 is 12.4 Å². The molecule has 1 fully saturated rings. The Balaban J connectivity index is 1.92. The summed E-state index contributed by atoms with van der Waals surface area (Å²) in [6, 6.07) is 6.01. The quantitative estimate of drug-likeness (QED) is 0.237. The fraction of sp³-hybridized carbons (Fsp3) is 0.500. The van der Waals surface area contributed by atoms with Gasteiger partial charge in [-0.3, -0.25) is 9.80 Å². The summed E-state index contributed by atoms with van der Waals surface area (Å²) >= 11 is 0. The minimum atomic E-state index is -5.00. The van der Waals surface area contributed by atoms with Gasteiger partial charge in [-0.15, -0.1) is 0 Å². The number of halogens is 7. The second-order valence-corrected chi connectivity index (χ2v) is 9.24. The molecular formula is C28H31F7N2O3. The van der Waals surface area contributed by atoms with Crippen LogP contribution in [-0.4, -0.2) is 60.2 Å². The van der Waals surface area contributed by atoms with E-state index in [4.69, 9.17) is 9.47 Å². The maximum atomic E-state index is 13.7. The Bertz CT molecular complexity index is 1140. The molecule has 5 nitrogen and oxygen atoms in total. The van der Waals surface area contributed by atoms with E-state index in [0.29, 0.717) is 37.3 Å². The molecule has 0 aromatic heterocycles. The van der Waals surface area contributed by atoms with Gasteiger partial charge in [-0.25, -0.2) is 4.39 Å². The molecular weight excluding hydrogens is 545 g/mol. The lowest BCUT2D eigenvalue weighted by Crippen LogP contribution is -2.47. The molecule has 1 saturated heterocycles. The smallest absolute Gasteiger partial charge is 0.367 e. The molecule has 220 valence electrons. The summed E-state index contributed by atoms with van der Waals surface area (Å²) in [7, 11) is 0. The Kier molecular flexibility index (Phi) is 10.6. The number of alkyl halides is 6. The Morgan fingerprint density at radius 1 is 1.02 bits per heavy atom. The molecule has 0 amide bonds. The maximum Gasteiger partial charge on any atom is 0.416 e. The van der Waals surface area contributed by atoms with E-state index in [-0.39, 0.29) is 24.8 Å². The highest BCUT2D eigenvalue weighted by molar-refractivity contribution is 5.35. The summed E-state index contributed by atoms with van der Waals surface area (Å²) in [6.45, 7) is 6.89. The maximum absolute atomic E-state index is 13.7. The predicted molar refractivity (Wildman–Crippen MR) is 133 cm³/mol. The van der Waals surface area contributed by atoms with Crippen molar-refractivity contribution in [3.63, 3.8) is 0 Å². The molecule has 0 aliphatic carbocycles. The number of hydrogen-bond donors (Lipinski definition) is 1. The fourth-order valence-corrected chi connectivity index (χ4v) is 4.40. The summed E-state index contributed by atoms with van der Waals surface area (Å²) in [5.74, 6) is 5.19. The lowest BCUT2D eigenvalue weighted by molar-refractivity contribution is -0.228. The molecule has 0 radical (unpaired) electrons. The van der Waals surface area contributed by atoms with Crippen molar-refractivity contribution in [2.24, 2.45) is 0 Å². The van der Waals surface area contributed by atoms with E-state index < -0.39 is 54.0 Å². The van der Waals surface area contributed by atoms with Gasteiger partial charge in [-0.1, -0.05) is 37.8 Å².